The van der Waals surface area contributed by atoms with Crippen molar-refractivity contribution in [1.82, 2.24) is 9.97 Å². The third-order valence-electron chi connectivity index (χ3n) is 6.48. The number of hydrogen-bond acceptors (Lipinski definition) is 3. The number of amides is 2. The summed E-state index contributed by atoms with van der Waals surface area (Å²) in [5.41, 5.74) is 5.78. The van der Waals surface area contributed by atoms with E-state index < -0.39 is 0 Å². The third kappa shape index (κ3) is 4.76. The van der Waals surface area contributed by atoms with Gasteiger partial charge in [-0.1, -0.05) is 49.6 Å². The number of aliphatic hydroxyl groups excluding tert-OH is 1. The maximum absolute atomic E-state index is 12.6. The van der Waals surface area contributed by atoms with Crippen molar-refractivity contribution in [3.8, 4) is 11.1 Å². The minimum absolute atomic E-state index is 0.00286. The molecule has 2 aromatic heterocycles. The molecule has 5 rings (SSSR count). The molecule has 1 aliphatic rings. The number of carbonyl (C=O) groups excluding carboxylic acids is 1. The van der Waals surface area contributed by atoms with Gasteiger partial charge in [0.2, 0.25) is 0 Å². The number of aromatic amines is 1. The van der Waals surface area contributed by atoms with E-state index in [1.165, 1.54) is 37.7 Å². The highest BCUT2D eigenvalue weighted by Gasteiger charge is 2.16. The zero-order valence-electron chi connectivity index (χ0n) is 18.5. The minimum Gasteiger partial charge on any atom is -0.392 e. The lowest BCUT2D eigenvalue weighted by Gasteiger charge is -2.21. The lowest BCUT2D eigenvalue weighted by Crippen LogP contribution is -2.20. The number of fused-ring (bicyclic) bond motifs is 1. The van der Waals surface area contributed by atoms with E-state index in [1.807, 2.05) is 54.7 Å². The molecule has 0 spiro atoms. The summed E-state index contributed by atoms with van der Waals surface area (Å²) in [5.74, 6) is 1.13. The second kappa shape index (κ2) is 9.46. The van der Waals surface area contributed by atoms with Gasteiger partial charge in [0.05, 0.1) is 12.3 Å². The van der Waals surface area contributed by atoms with E-state index in [9.17, 15) is 9.90 Å². The Morgan fingerprint density at radius 3 is 2.64 bits per heavy atom. The first kappa shape index (κ1) is 21.2. The maximum Gasteiger partial charge on any atom is 0.324 e. The summed E-state index contributed by atoms with van der Waals surface area (Å²) in [5, 5.41) is 16.1. The van der Waals surface area contributed by atoms with Gasteiger partial charge < -0.3 is 15.4 Å². The number of nitrogens with zero attached hydrogens (tertiary/aromatic N) is 1. The van der Waals surface area contributed by atoms with E-state index in [-0.39, 0.29) is 12.6 Å². The van der Waals surface area contributed by atoms with Crippen LogP contribution in [-0.4, -0.2) is 21.1 Å². The molecular formula is C27H28N4O2. The Bertz CT molecular complexity index is 1260. The van der Waals surface area contributed by atoms with Gasteiger partial charge >= 0.3 is 6.03 Å². The molecule has 0 aliphatic heterocycles. The molecule has 1 aliphatic carbocycles. The molecule has 6 nitrogen and oxygen atoms in total. The zero-order chi connectivity index (χ0) is 22.6. The summed E-state index contributed by atoms with van der Waals surface area (Å²) in [7, 11) is 0. The molecular weight excluding hydrogens is 412 g/mol. The van der Waals surface area contributed by atoms with Crippen LogP contribution in [0.1, 0.15) is 49.1 Å². The second-order valence-corrected chi connectivity index (χ2v) is 8.71. The van der Waals surface area contributed by atoms with Crippen LogP contribution < -0.4 is 10.6 Å². The summed E-state index contributed by atoms with van der Waals surface area (Å²) in [6, 6.07) is 17.5. The van der Waals surface area contributed by atoms with Crippen LogP contribution in [0.4, 0.5) is 16.3 Å². The number of rotatable bonds is 5. The number of urea groups is 1. The van der Waals surface area contributed by atoms with Gasteiger partial charge in [-0.3, -0.25) is 5.32 Å². The van der Waals surface area contributed by atoms with Crippen molar-refractivity contribution < 1.29 is 9.90 Å². The quantitative estimate of drug-likeness (QED) is 0.289. The fourth-order valence-electron chi connectivity index (χ4n) is 4.68. The molecule has 33 heavy (non-hydrogen) atoms. The lowest BCUT2D eigenvalue weighted by atomic mass is 9.85. The van der Waals surface area contributed by atoms with Crippen LogP contribution in [0.15, 0.2) is 67.0 Å². The number of anilines is 2. The Hall–Kier alpha value is -3.64. The average molecular weight is 441 g/mol. The SMILES string of the molecule is O=C(Nc1ccc(C2CCCCC2)cn1)Nc1c[nH]c2ccc(-c3cccc(CO)c3)cc12. The van der Waals surface area contributed by atoms with Crippen LogP contribution in [-0.2, 0) is 6.61 Å². The zero-order valence-corrected chi connectivity index (χ0v) is 18.5. The van der Waals surface area contributed by atoms with E-state index in [1.54, 1.807) is 6.20 Å². The van der Waals surface area contributed by atoms with Crippen LogP contribution in [0.3, 0.4) is 0 Å². The molecule has 0 saturated heterocycles. The number of carbonyl (C=O) groups is 1. The first-order valence-electron chi connectivity index (χ1n) is 11.5. The van der Waals surface area contributed by atoms with Crippen molar-refractivity contribution in [1.29, 1.82) is 0 Å². The van der Waals surface area contributed by atoms with Gasteiger partial charge in [-0.25, -0.2) is 9.78 Å². The van der Waals surface area contributed by atoms with Crippen molar-refractivity contribution in [3.63, 3.8) is 0 Å². The topological polar surface area (TPSA) is 90.0 Å². The smallest absolute Gasteiger partial charge is 0.324 e. The molecule has 2 aromatic carbocycles. The maximum atomic E-state index is 12.6. The summed E-state index contributed by atoms with van der Waals surface area (Å²) in [6.45, 7) is 0.00286. The van der Waals surface area contributed by atoms with Crippen LogP contribution in [0, 0.1) is 0 Å². The van der Waals surface area contributed by atoms with Crippen molar-refractivity contribution in [3.05, 3.63) is 78.1 Å². The van der Waals surface area contributed by atoms with Crippen LogP contribution >= 0.6 is 0 Å². The van der Waals surface area contributed by atoms with E-state index in [0.717, 1.165) is 27.6 Å². The van der Waals surface area contributed by atoms with Crippen molar-refractivity contribution in [2.75, 3.05) is 10.6 Å². The summed E-state index contributed by atoms with van der Waals surface area (Å²) in [4.78, 5) is 20.3. The Morgan fingerprint density at radius 2 is 1.85 bits per heavy atom. The number of pyridine rings is 1. The largest absolute Gasteiger partial charge is 0.392 e. The molecule has 6 heteroatoms. The molecule has 4 N–H and O–H groups in total. The van der Waals surface area contributed by atoms with Crippen molar-refractivity contribution in [2.24, 2.45) is 0 Å². The van der Waals surface area contributed by atoms with E-state index >= 15 is 0 Å². The molecule has 0 unspecified atom stereocenters. The molecule has 1 saturated carbocycles. The van der Waals surface area contributed by atoms with Gasteiger partial charge in [-0.05, 0) is 65.3 Å². The summed E-state index contributed by atoms with van der Waals surface area (Å²) in [6.07, 6.45) is 10.0. The van der Waals surface area contributed by atoms with Gasteiger partial charge in [0.25, 0.3) is 0 Å². The van der Waals surface area contributed by atoms with Crippen molar-refractivity contribution in [2.45, 2.75) is 44.6 Å². The van der Waals surface area contributed by atoms with Gasteiger partial charge in [0.15, 0.2) is 0 Å². The number of benzene rings is 2. The number of H-pyrrole nitrogens is 1. The normalized spacial score (nSPS) is 14.3. The van der Waals surface area contributed by atoms with Gasteiger partial charge in [-0.15, -0.1) is 0 Å². The molecule has 0 radical (unpaired) electrons. The highest BCUT2D eigenvalue weighted by molar-refractivity contribution is 6.06. The first-order valence-corrected chi connectivity index (χ1v) is 11.5. The van der Waals surface area contributed by atoms with Gasteiger partial charge in [-0.2, -0.15) is 0 Å². The lowest BCUT2D eigenvalue weighted by molar-refractivity contribution is 0.262. The average Bonchev–Trinajstić information content (AvgIpc) is 3.27. The molecule has 0 atom stereocenters. The number of aliphatic hydroxyl groups is 1. The Kier molecular flexibility index (Phi) is 6.09. The molecule has 168 valence electrons. The number of hydrogen-bond donors (Lipinski definition) is 4. The highest BCUT2D eigenvalue weighted by atomic mass is 16.3. The van der Waals surface area contributed by atoms with Gasteiger partial charge in [0, 0.05) is 23.3 Å². The molecule has 2 amide bonds. The van der Waals surface area contributed by atoms with Crippen LogP contribution in [0.25, 0.3) is 22.0 Å². The van der Waals surface area contributed by atoms with Crippen LogP contribution in [0.5, 0.6) is 0 Å². The summed E-state index contributed by atoms with van der Waals surface area (Å²) >= 11 is 0. The standard InChI is InChI=1S/C27H28N4O2/c32-17-18-5-4-8-20(13-18)21-9-11-24-23(14-21)25(16-28-24)30-27(33)31-26-12-10-22(15-29-26)19-6-2-1-3-7-19/h4-5,8-16,19,28,32H,1-3,6-7,17H2,(H2,29,30,31,33). The molecule has 4 aromatic rings. The molecule has 2 heterocycles. The first-order chi connectivity index (χ1) is 16.2. The fraction of sp³-hybridized carbons (Fsp3) is 0.259. The Morgan fingerprint density at radius 1 is 1.00 bits per heavy atom. The van der Waals surface area contributed by atoms with Gasteiger partial charge in [0.1, 0.15) is 5.82 Å². The summed E-state index contributed by atoms with van der Waals surface area (Å²) < 4.78 is 0. The van der Waals surface area contributed by atoms with E-state index in [0.29, 0.717) is 17.4 Å². The van der Waals surface area contributed by atoms with Crippen molar-refractivity contribution >= 4 is 28.4 Å². The molecule has 1 fully saturated rings. The Balaban J connectivity index is 1.30. The fourth-order valence-corrected chi connectivity index (χ4v) is 4.68. The minimum atomic E-state index is -0.332. The van der Waals surface area contributed by atoms with E-state index in [2.05, 4.69) is 26.7 Å². The third-order valence-corrected chi connectivity index (χ3v) is 6.48. The predicted molar refractivity (Wildman–Crippen MR) is 132 cm³/mol. The van der Waals surface area contributed by atoms with E-state index in [4.69, 9.17) is 0 Å². The van der Waals surface area contributed by atoms with Crippen LogP contribution in [0.2, 0.25) is 0 Å². The Labute approximate surface area is 193 Å². The number of nitrogens with one attached hydrogen (secondary N) is 3. The highest BCUT2D eigenvalue weighted by Crippen LogP contribution is 2.33. The predicted octanol–water partition coefficient (Wildman–Crippen LogP) is 6.41. The second-order valence-electron chi connectivity index (χ2n) is 8.71. The monoisotopic (exact) mass is 440 g/mol. The molecule has 0 bridgehead atoms. The number of aromatic nitrogens is 2.